The molecule has 0 fully saturated rings. The lowest BCUT2D eigenvalue weighted by Gasteiger charge is -2.38. The van der Waals surface area contributed by atoms with Crippen LogP contribution in [0.5, 0.6) is 11.5 Å². The summed E-state index contributed by atoms with van der Waals surface area (Å²) >= 11 is 0. The zero-order valence-electron chi connectivity index (χ0n) is 17.4. The molecule has 0 radical (unpaired) electrons. The molecular formula is C23H28O5. The number of rotatable bonds is 3. The lowest BCUT2D eigenvalue weighted by molar-refractivity contribution is -0.0125. The smallest absolute Gasteiger partial charge is 0.336 e. The molecule has 0 amide bonds. The van der Waals surface area contributed by atoms with Crippen molar-refractivity contribution < 1.29 is 18.6 Å². The second-order valence-electron chi connectivity index (χ2n) is 8.41. The molecule has 4 rings (SSSR count). The first-order valence-corrected chi connectivity index (χ1v) is 10.0. The van der Waals surface area contributed by atoms with Crippen LogP contribution < -0.4 is 15.1 Å². The molecule has 5 nitrogen and oxygen atoms in total. The summed E-state index contributed by atoms with van der Waals surface area (Å²) in [6.45, 7) is 10.3. The maximum absolute atomic E-state index is 12.4. The number of benzene rings is 1. The van der Waals surface area contributed by atoms with Crippen molar-refractivity contribution in [1.82, 2.24) is 0 Å². The van der Waals surface area contributed by atoms with Crippen LogP contribution in [0.2, 0.25) is 0 Å². The van der Waals surface area contributed by atoms with Gasteiger partial charge in [0.2, 0.25) is 0 Å². The van der Waals surface area contributed by atoms with Gasteiger partial charge in [-0.15, -0.1) is 0 Å². The van der Waals surface area contributed by atoms with E-state index in [1.165, 1.54) is 0 Å². The minimum absolute atomic E-state index is 0.0344. The Labute approximate surface area is 165 Å². The third kappa shape index (κ3) is 2.84. The molecule has 0 saturated heterocycles. The minimum atomic E-state index is -0.456. The monoisotopic (exact) mass is 384 g/mol. The lowest BCUT2D eigenvalue weighted by Crippen LogP contribution is -2.35. The van der Waals surface area contributed by atoms with E-state index in [-0.39, 0.29) is 23.8 Å². The Morgan fingerprint density at radius 1 is 1.21 bits per heavy atom. The van der Waals surface area contributed by atoms with E-state index in [4.69, 9.17) is 18.6 Å². The van der Waals surface area contributed by atoms with E-state index >= 15 is 0 Å². The van der Waals surface area contributed by atoms with Crippen LogP contribution in [0.15, 0.2) is 21.4 Å². The van der Waals surface area contributed by atoms with Gasteiger partial charge in [-0.25, -0.2) is 4.79 Å². The quantitative estimate of drug-likeness (QED) is 0.694. The molecule has 3 atom stereocenters. The summed E-state index contributed by atoms with van der Waals surface area (Å²) in [4.78, 5) is 12.4. The highest BCUT2D eigenvalue weighted by molar-refractivity contribution is 5.97. The van der Waals surface area contributed by atoms with Crippen molar-refractivity contribution >= 4 is 17.0 Å². The SMILES string of the molecule is CCCc1cc(=O)oc2c3c(c4c(c12)OC(C)(C)C=C4)O[C@H](C)[C@@H](C)[C@H]3OC. The molecule has 0 bridgehead atoms. The van der Waals surface area contributed by atoms with Gasteiger partial charge in [-0.3, -0.25) is 0 Å². The molecule has 1 aromatic heterocycles. The summed E-state index contributed by atoms with van der Waals surface area (Å²) in [7, 11) is 1.69. The van der Waals surface area contributed by atoms with Crippen LogP contribution in [0.25, 0.3) is 17.0 Å². The first kappa shape index (κ1) is 19.1. The molecule has 2 aliphatic heterocycles. The highest BCUT2D eigenvalue weighted by Gasteiger charge is 2.40. The van der Waals surface area contributed by atoms with Crippen molar-refractivity contribution in [2.45, 2.75) is 65.3 Å². The Morgan fingerprint density at radius 3 is 2.64 bits per heavy atom. The van der Waals surface area contributed by atoms with E-state index in [0.29, 0.717) is 11.3 Å². The Bertz CT molecular complexity index is 1010. The topological polar surface area (TPSA) is 57.9 Å². The van der Waals surface area contributed by atoms with Crippen LogP contribution in [-0.4, -0.2) is 18.8 Å². The summed E-state index contributed by atoms with van der Waals surface area (Å²) in [5, 5.41) is 0.861. The molecule has 0 unspecified atom stereocenters. The largest absolute Gasteiger partial charge is 0.489 e. The highest BCUT2D eigenvalue weighted by Crippen LogP contribution is 2.52. The molecule has 0 aliphatic carbocycles. The van der Waals surface area contributed by atoms with Crippen molar-refractivity contribution in [3.63, 3.8) is 0 Å². The lowest BCUT2D eigenvalue weighted by atomic mass is 9.84. The Kier molecular flexibility index (Phi) is 4.53. The van der Waals surface area contributed by atoms with E-state index in [0.717, 1.165) is 40.7 Å². The van der Waals surface area contributed by atoms with Crippen LogP contribution >= 0.6 is 0 Å². The predicted octanol–water partition coefficient (Wildman–Crippen LogP) is 5.03. The molecule has 2 aliphatic rings. The number of fused-ring (bicyclic) bond motifs is 6. The van der Waals surface area contributed by atoms with Crippen molar-refractivity contribution in [1.29, 1.82) is 0 Å². The Morgan fingerprint density at radius 2 is 1.96 bits per heavy atom. The van der Waals surface area contributed by atoms with Gasteiger partial charge in [0.25, 0.3) is 0 Å². The fourth-order valence-corrected chi connectivity index (χ4v) is 4.29. The number of methoxy groups -OCH3 is 1. The number of aryl methyl sites for hydroxylation is 1. The fourth-order valence-electron chi connectivity index (χ4n) is 4.29. The summed E-state index contributed by atoms with van der Waals surface area (Å²) < 4.78 is 24.4. The van der Waals surface area contributed by atoms with Gasteiger partial charge in [0.05, 0.1) is 22.6 Å². The van der Waals surface area contributed by atoms with Gasteiger partial charge in [-0.1, -0.05) is 20.3 Å². The first-order valence-electron chi connectivity index (χ1n) is 10.0. The van der Waals surface area contributed by atoms with E-state index in [9.17, 15) is 4.79 Å². The van der Waals surface area contributed by atoms with Crippen molar-refractivity contribution in [3.05, 3.63) is 39.3 Å². The molecule has 2 aromatic rings. The molecule has 0 spiro atoms. The van der Waals surface area contributed by atoms with Gasteiger partial charge < -0.3 is 18.6 Å². The third-order valence-electron chi connectivity index (χ3n) is 5.84. The summed E-state index contributed by atoms with van der Waals surface area (Å²) in [6, 6.07) is 1.59. The molecule has 1 aromatic carbocycles. The minimum Gasteiger partial charge on any atom is -0.489 e. The van der Waals surface area contributed by atoms with Gasteiger partial charge in [0, 0.05) is 19.1 Å². The zero-order valence-corrected chi connectivity index (χ0v) is 17.4. The zero-order chi connectivity index (χ0) is 20.2. The van der Waals surface area contributed by atoms with Crippen LogP contribution in [0, 0.1) is 5.92 Å². The standard InChI is InChI=1S/C23H28O5/c1-7-8-14-11-16(24)27-22-17(14)21-15(9-10-23(4,5)28-21)20-18(22)19(25-6)12(2)13(3)26-20/h9-13,19H,7-8H2,1-6H3/t12-,13-,19-/m1/s1. The van der Waals surface area contributed by atoms with E-state index < -0.39 is 5.60 Å². The van der Waals surface area contributed by atoms with E-state index in [1.807, 2.05) is 26.8 Å². The molecule has 3 heterocycles. The number of hydrogen-bond acceptors (Lipinski definition) is 5. The molecule has 0 N–H and O–H groups in total. The molecular weight excluding hydrogens is 356 g/mol. The second-order valence-corrected chi connectivity index (χ2v) is 8.41. The maximum atomic E-state index is 12.4. The number of hydrogen-bond donors (Lipinski definition) is 0. The Balaban J connectivity index is 2.17. The molecule has 150 valence electrons. The van der Waals surface area contributed by atoms with E-state index in [1.54, 1.807) is 13.2 Å². The average Bonchev–Trinajstić information content (AvgIpc) is 2.62. The average molecular weight is 384 g/mol. The molecule has 0 saturated carbocycles. The molecule has 5 heteroatoms. The normalized spacial score (nSPS) is 25.0. The van der Waals surface area contributed by atoms with Gasteiger partial charge in [0.15, 0.2) is 5.58 Å². The third-order valence-corrected chi connectivity index (χ3v) is 5.84. The van der Waals surface area contributed by atoms with Crippen LogP contribution in [0.4, 0.5) is 0 Å². The number of ether oxygens (including phenoxy) is 3. The highest BCUT2D eigenvalue weighted by atomic mass is 16.5. The van der Waals surface area contributed by atoms with Crippen molar-refractivity contribution in [3.8, 4) is 11.5 Å². The van der Waals surface area contributed by atoms with Crippen LogP contribution in [0.3, 0.4) is 0 Å². The maximum Gasteiger partial charge on any atom is 0.336 e. The summed E-state index contributed by atoms with van der Waals surface area (Å²) in [6.07, 6.45) is 5.52. The van der Waals surface area contributed by atoms with Gasteiger partial charge in [0.1, 0.15) is 23.2 Å². The van der Waals surface area contributed by atoms with Gasteiger partial charge in [-0.2, -0.15) is 0 Å². The second kappa shape index (κ2) is 6.66. The van der Waals surface area contributed by atoms with Crippen molar-refractivity contribution in [2.24, 2.45) is 5.92 Å². The van der Waals surface area contributed by atoms with E-state index in [2.05, 4.69) is 19.9 Å². The summed E-state index contributed by atoms with van der Waals surface area (Å²) in [5.74, 6) is 1.54. The predicted molar refractivity (Wildman–Crippen MR) is 109 cm³/mol. The van der Waals surface area contributed by atoms with Crippen molar-refractivity contribution in [2.75, 3.05) is 7.11 Å². The summed E-state index contributed by atoms with van der Waals surface area (Å²) in [5.41, 5.74) is 2.37. The van der Waals surface area contributed by atoms with Crippen LogP contribution in [-0.2, 0) is 11.2 Å². The van der Waals surface area contributed by atoms with Gasteiger partial charge >= 0.3 is 5.63 Å². The first-order chi connectivity index (χ1) is 13.3. The van der Waals surface area contributed by atoms with Gasteiger partial charge in [-0.05, 0) is 44.9 Å². The fraction of sp³-hybridized carbons (Fsp3) is 0.522. The molecule has 28 heavy (non-hydrogen) atoms. The van der Waals surface area contributed by atoms with Crippen LogP contribution in [0.1, 0.15) is 63.8 Å². The Hall–Kier alpha value is -2.27.